The molecule has 0 bridgehead atoms. The third-order valence-electron chi connectivity index (χ3n) is 3.92. The van der Waals surface area contributed by atoms with E-state index in [-0.39, 0.29) is 0 Å². The highest BCUT2D eigenvalue weighted by atomic mass is 16.5. The van der Waals surface area contributed by atoms with E-state index >= 15 is 0 Å². The average Bonchev–Trinajstić information content (AvgIpc) is 2.64. The molecule has 0 aromatic heterocycles. The SMILES string of the molecule is COc1cc(OC)c(CN[C@@H](Cc2ccccc2)C(=O)O)c(OC)c1. The molecule has 0 heterocycles. The Morgan fingerprint density at radius 1 is 1.04 bits per heavy atom. The van der Waals surface area contributed by atoms with Crippen molar-refractivity contribution in [1.82, 2.24) is 5.32 Å². The average molecular weight is 345 g/mol. The summed E-state index contributed by atoms with van der Waals surface area (Å²) in [5, 5.41) is 12.6. The summed E-state index contributed by atoms with van der Waals surface area (Å²) >= 11 is 0. The van der Waals surface area contributed by atoms with Crippen LogP contribution in [-0.2, 0) is 17.8 Å². The Morgan fingerprint density at radius 2 is 1.64 bits per heavy atom. The predicted octanol–water partition coefficient (Wildman–Crippen LogP) is 2.50. The zero-order valence-corrected chi connectivity index (χ0v) is 14.6. The zero-order chi connectivity index (χ0) is 18.2. The summed E-state index contributed by atoms with van der Waals surface area (Å²) in [6.45, 7) is 0.292. The van der Waals surface area contributed by atoms with Crippen LogP contribution in [0.2, 0.25) is 0 Å². The number of rotatable bonds is 9. The van der Waals surface area contributed by atoms with Crippen LogP contribution >= 0.6 is 0 Å². The van der Waals surface area contributed by atoms with Gasteiger partial charge in [-0.05, 0) is 12.0 Å². The number of hydrogen-bond donors (Lipinski definition) is 2. The van der Waals surface area contributed by atoms with Crippen molar-refractivity contribution >= 4 is 5.97 Å². The first-order valence-corrected chi connectivity index (χ1v) is 7.88. The smallest absolute Gasteiger partial charge is 0.321 e. The van der Waals surface area contributed by atoms with Gasteiger partial charge in [0, 0.05) is 18.7 Å². The molecule has 0 fully saturated rings. The maximum absolute atomic E-state index is 11.6. The second-order valence-electron chi connectivity index (χ2n) is 5.47. The van der Waals surface area contributed by atoms with Crippen LogP contribution in [-0.4, -0.2) is 38.4 Å². The van der Waals surface area contributed by atoms with E-state index in [0.29, 0.717) is 30.2 Å². The van der Waals surface area contributed by atoms with E-state index in [1.807, 2.05) is 30.3 Å². The van der Waals surface area contributed by atoms with Crippen LogP contribution in [0.4, 0.5) is 0 Å². The molecule has 0 aliphatic rings. The number of ether oxygens (including phenoxy) is 3. The molecular weight excluding hydrogens is 322 g/mol. The summed E-state index contributed by atoms with van der Waals surface area (Å²) in [6, 6.07) is 12.3. The van der Waals surface area contributed by atoms with Gasteiger partial charge in [0.05, 0.1) is 26.9 Å². The lowest BCUT2D eigenvalue weighted by Gasteiger charge is -2.18. The quantitative estimate of drug-likeness (QED) is 0.727. The van der Waals surface area contributed by atoms with Crippen molar-refractivity contribution in [3.05, 3.63) is 53.6 Å². The maximum Gasteiger partial charge on any atom is 0.321 e. The van der Waals surface area contributed by atoms with Crippen molar-refractivity contribution in [2.24, 2.45) is 0 Å². The fourth-order valence-corrected chi connectivity index (χ4v) is 2.57. The van der Waals surface area contributed by atoms with E-state index in [4.69, 9.17) is 14.2 Å². The minimum absolute atomic E-state index is 0.292. The molecule has 2 N–H and O–H groups in total. The van der Waals surface area contributed by atoms with Crippen molar-refractivity contribution in [3.63, 3.8) is 0 Å². The molecule has 0 amide bonds. The van der Waals surface area contributed by atoms with Crippen LogP contribution in [0.15, 0.2) is 42.5 Å². The Labute approximate surface area is 147 Å². The van der Waals surface area contributed by atoms with E-state index in [0.717, 1.165) is 11.1 Å². The summed E-state index contributed by atoms with van der Waals surface area (Å²) in [5.41, 5.74) is 1.70. The van der Waals surface area contributed by atoms with Gasteiger partial charge in [0.1, 0.15) is 23.3 Å². The lowest BCUT2D eigenvalue weighted by molar-refractivity contribution is -0.139. The van der Waals surface area contributed by atoms with Gasteiger partial charge in [-0.3, -0.25) is 10.1 Å². The van der Waals surface area contributed by atoms with Crippen molar-refractivity contribution < 1.29 is 24.1 Å². The van der Waals surface area contributed by atoms with Gasteiger partial charge in [-0.2, -0.15) is 0 Å². The molecule has 25 heavy (non-hydrogen) atoms. The number of benzene rings is 2. The van der Waals surface area contributed by atoms with Gasteiger partial charge in [-0.1, -0.05) is 30.3 Å². The molecule has 0 saturated heterocycles. The van der Waals surface area contributed by atoms with Gasteiger partial charge >= 0.3 is 5.97 Å². The molecule has 1 atom stereocenters. The molecule has 0 aliphatic heterocycles. The van der Waals surface area contributed by atoms with Crippen LogP contribution in [0.5, 0.6) is 17.2 Å². The Balaban J connectivity index is 2.18. The lowest BCUT2D eigenvalue weighted by atomic mass is 10.1. The molecule has 6 nitrogen and oxygen atoms in total. The number of carbonyl (C=O) groups is 1. The number of carboxylic acids is 1. The van der Waals surface area contributed by atoms with E-state index in [9.17, 15) is 9.90 Å². The fraction of sp³-hybridized carbons (Fsp3) is 0.316. The highest BCUT2D eigenvalue weighted by Gasteiger charge is 2.20. The molecule has 2 aromatic carbocycles. The first-order valence-electron chi connectivity index (χ1n) is 7.88. The molecule has 134 valence electrons. The molecular formula is C19H23NO5. The van der Waals surface area contributed by atoms with E-state index in [2.05, 4.69) is 5.32 Å². The summed E-state index contributed by atoms with van der Waals surface area (Å²) in [4.78, 5) is 11.6. The van der Waals surface area contributed by atoms with Crippen LogP contribution in [0.25, 0.3) is 0 Å². The molecule has 0 spiro atoms. The van der Waals surface area contributed by atoms with Crippen LogP contribution in [0, 0.1) is 0 Å². The second-order valence-corrected chi connectivity index (χ2v) is 5.47. The Kier molecular flexibility index (Phi) is 6.65. The molecule has 0 aliphatic carbocycles. The number of hydrogen-bond acceptors (Lipinski definition) is 5. The van der Waals surface area contributed by atoms with Crippen molar-refractivity contribution in [3.8, 4) is 17.2 Å². The monoisotopic (exact) mass is 345 g/mol. The molecule has 0 radical (unpaired) electrons. The molecule has 0 saturated carbocycles. The molecule has 6 heteroatoms. The summed E-state index contributed by atoms with van der Waals surface area (Å²) in [5.74, 6) is 0.854. The van der Waals surface area contributed by atoms with E-state index in [1.54, 1.807) is 33.5 Å². The number of methoxy groups -OCH3 is 3. The van der Waals surface area contributed by atoms with Gasteiger partial charge in [-0.15, -0.1) is 0 Å². The van der Waals surface area contributed by atoms with Crippen molar-refractivity contribution in [2.75, 3.05) is 21.3 Å². The molecule has 2 rings (SSSR count). The highest BCUT2D eigenvalue weighted by Crippen LogP contribution is 2.34. The van der Waals surface area contributed by atoms with E-state index < -0.39 is 12.0 Å². The van der Waals surface area contributed by atoms with Crippen molar-refractivity contribution in [2.45, 2.75) is 19.0 Å². The minimum Gasteiger partial charge on any atom is -0.496 e. The van der Waals surface area contributed by atoms with Gasteiger partial charge < -0.3 is 19.3 Å². The Hall–Kier alpha value is -2.73. The summed E-state index contributed by atoms with van der Waals surface area (Å²) < 4.78 is 16.0. The van der Waals surface area contributed by atoms with Crippen LogP contribution in [0.3, 0.4) is 0 Å². The standard InChI is InChI=1S/C19H23NO5/c1-23-14-10-17(24-2)15(18(11-14)25-3)12-20-16(19(21)22)9-13-7-5-4-6-8-13/h4-8,10-11,16,20H,9,12H2,1-3H3,(H,21,22)/t16-/m0/s1. The fourth-order valence-electron chi connectivity index (χ4n) is 2.57. The minimum atomic E-state index is -0.907. The van der Waals surface area contributed by atoms with Gasteiger partial charge in [-0.25, -0.2) is 0 Å². The predicted molar refractivity (Wildman–Crippen MR) is 94.5 cm³/mol. The zero-order valence-electron chi connectivity index (χ0n) is 14.6. The third kappa shape index (κ3) is 4.87. The van der Waals surface area contributed by atoms with Gasteiger partial charge in [0.25, 0.3) is 0 Å². The van der Waals surface area contributed by atoms with Gasteiger partial charge in [0.15, 0.2) is 0 Å². The molecule has 0 unspecified atom stereocenters. The first-order chi connectivity index (χ1) is 12.1. The number of carboxylic acid groups (broad SMARTS) is 1. The summed E-state index contributed by atoms with van der Waals surface area (Å²) in [6.07, 6.45) is 0.386. The Morgan fingerprint density at radius 3 is 2.12 bits per heavy atom. The number of aliphatic carboxylic acids is 1. The van der Waals surface area contributed by atoms with Gasteiger partial charge in [0.2, 0.25) is 0 Å². The molecule has 2 aromatic rings. The maximum atomic E-state index is 11.6. The normalized spacial score (nSPS) is 11.6. The Bertz CT molecular complexity index is 677. The van der Waals surface area contributed by atoms with Crippen molar-refractivity contribution in [1.29, 1.82) is 0 Å². The lowest BCUT2D eigenvalue weighted by Crippen LogP contribution is -2.38. The largest absolute Gasteiger partial charge is 0.496 e. The number of nitrogens with one attached hydrogen (secondary N) is 1. The van der Waals surface area contributed by atoms with Crippen LogP contribution < -0.4 is 19.5 Å². The summed E-state index contributed by atoms with van der Waals surface area (Å²) in [7, 11) is 4.67. The second kappa shape index (κ2) is 8.94. The topological polar surface area (TPSA) is 77.0 Å². The third-order valence-corrected chi connectivity index (χ3v) is 3.92. The first kappa shape index (κ1) is 18.6. The van der Waals surface area contributed by atoms with Crippen LogP contribution in [0.1, 0.15) is 11.1 Å². The van der Waals surface area contributed by atoms with E-state index in [1.165, 1.54) is 0 Å². The highest BCUT2D eigenvalue weighted by molar-refractivity contribution is 5.74.